The van der Waals surface area contributed by atoms with Gasteiger partial charge in [0.1, 0.15) is 5.75 Å². The van der Waals surface area contributed by atoms with Gasteiger partial charge in [-0.2, -0.15) is 5.10 Å². The highest BCUT2D eigenvalue weighted by Crippen LogP contribution is 2.28. The summed E-state index contributed by atoms with van der Waals surface area (Å²) in [6.45, 7) is 5.81. The van der Waals surface area contributed by atoms with Gasteiger partial charge >= 0.3 is 0 Å². The maximum atomic E-state index is 12.5. The number of thioether (sulfide) groups is 1. The van der Waals surface area contributed by atoms with Gasteiger partial charge in [-0.3, -0.25) is 14.3 Å². The number of aromatic hydroxyl groups is 1. The molecule has 11 heteroatoms. The van der Waals surface area contributed by atoms with Crippen LogP contribution in [0.1, 0.15) is 19.4 Å². The minimum absolute atomic E-state index is 0.0786. The van der Waals surface area contributed by atoms with Crippen LogP contribution in [0.3, 0.4) is 0 Å². The Morgan fingerprint density at radius 2 is 1.84 bits per heavy atom. The molecule has 2 heterocycles. The van der Waals surface area contributed by atoms with Gasteiger partial charge in [0.25, 0.3) is 5.91 Å². The van der Waals surface area contributed by atoms with Crippen LogP contribution in [0.4, 0.5) is 5.69 Å². The second-order valence-electron chi connectivity index (χ2n) is 7.85. The standard InChI is InChI=1S/C26H26BrN7O2S/c1-3-33(4-2)22-8-5-19(23(35)15-22)16-29-30-24(36)17-37-26-32-31-25(18-11-13-28-14-12-18)34(26)21-9-6-20(27)7-10-21/h5-16,35H,3-4,17H2,1-2H3,(H,30,36). The molecule has 2 aromatic carbocycles. The fourth-order valence-corrected chi connectivity index (χ4v) is 4.65. The van der Waals surface area contributed by atoms with Gasteiger partial charge in [-0.1, -0.05) is 27.7 Å². The maximum Gasteiger partial charge on any atom is 0.250 e. The van der Waals surface area contributed by atoms with Gasteiger partial charge in [0.2, 0.25) is 0 Å². The van der Waals surface area contributed by atoms with Crippen molar-refractivity contribution in [2.75, 3.05) is 23.7 Å². The van der Waals surface area contributed by atoms with Crippen molar-refractivity contribution in [2.45, 2.75) is 19.0 Å². The van der Waals surface area contributed by atoms with Crippen molar-refractivity contribution < 1.29 is 9.90 Å². The number of hydrogen-bond acceptors (Lipinski definition) is 8. The average molecular weight is 581 g/mol. The number of anilines is 1. The summed E-state index contributed by atoms with van der Waals surface area (Å²) in [5.74, 6) is 0.517. The number of hydrogen-bond donors (Lipinski definition) is 2. The molecule has 0 aliphatic heterocycles. The van der Waals surface area contributed by atoms with E-state index in [1.165, 1.54) is 18.0 Å². The minimum atomic E-state index is -0.309. The molecule has 0 unspecified atom stereocenters. The van der Waals surface area contributed by atoms with Crippen LogP contribution in [0.2, 0.25) is 0 Å². The highest BCUT2D eigenvalue weighted by molar-refractivity contribution is 9.10. The third kappa shape index (κ3) is 6.55. The fraction of sp³-hybridized carbons (Fsp3) is 0.192. The smallest absolute Gasteiger partial charge is 0.250 e. The molecule has 9 nitrogen and oxygen atoms in total. The van der Waals surface area contributed by atoms with Gasteiger partial charge in [-0.15, -0.1) is 10.2 Å². The SMILES string of the molecule is CCN(CC)c1ccc(C=NNC(=O)CSc2nnc(-c3ccncc3)n2-c2ccc(Br)cc2)c(O)c1. The molecule has 0 aliphatic rings. The molecule has 4 rings (SSSR count). The van der Waals surface area contributed by atoms with Crippen molar-refractivity contribution >= 4 is 45.5 Å². The van der Waals surface area contributed by atoms with Crippen LogP contribution in [0, 0.1) is 0 Å². The molecular weight excluding hydrogens is 554 g/mol. The van der Waals surface area contributed by atoms with Crippen molar-refractivity contribution in [3.05, 3.63) is 77.0 Å². The number of carbonyl (C=O) groups excluding carboxylic acids is 1. The number of nitrogens with zero attached hydrogens (tertiary/aromatic N) is 6. The Kier molecular flexibility index (Phi) is 8.91. The lowest BCUT2D eigenvalue weighted by molar-refractivity contribution is -0.118. The Hall–Kier alpha value is -3.70. The Balaban J connectivity index is 1.44. The molecule has 2 N–H and O–H groups in total. The quantitative estimate of drug-likeness (QED) is 0.156. The van der Waals surface area contributed by atoms with Gasteiger partial charge in [0, 0.05) is 58.5 Å². The van der Waals surface area contributed by atoms with E-state index in [0.717, 1.165) is 34.5 Å². The highest BCUT2D eigenvalue weighted by Gasteiger charge is 2.17. The minimum Gasteiger partial charge on any atom is -0.507 e. The van der Waals surface area contributed by atoms with E-state index < -0.39 is 0 Å². The summed E-state index contributed by atoms with van der Waals surface area (Å²) in [6, 6.07) is 16.9. The van der Waals surface area contributed by atoms with E-state index in [4.69, 9.17) is 0 Å². The normalized spacial score (nSPS) is 11.1. The molecular formula is C26H26BrN7O2S. The number of halogens is 1. The first kappa shape index (κ1) is 26.4. The summed E-state index contributed by atoms with van der Waals surface area (Å²) in [5, 5.41) is 23.6. The Morgan fingerprint density at radius 1 is 1.11 bits per heavy atom. The number of amides is 1. The number of pyridine rings is 1. The highest BCUT2D eigenvalue weighted by atomic mass is 79.9. The predicted octanol–water partition coefficient (Wildman–Crippen LogP) is 4.89. The van der Waals surface area contributed by atoms with Crippen LogP contribution in [0.25, 0.3) is 17.1 Å². The van der Waals surface area contributed by atoms with E-state index in [-0.39, 0.29) is 17.4 Å². The van der Waals surface area contributed by atoms with E-state index in [1.54, 1.807) is 24.5 Å². The number of phenolic OH excluding ortho intramolecular Hbond substituents is 1. The monoisotopic (exact) mass is 579 g/mol. The molecule has 0 aliphatic carbocycles. The predicted molar refractivity (Wildman–Crippen MR) is 150 cm³/mol. The van der Waals surface area contributed by atoms with Crippen molar-refractivity contribution in [2.24, 2.45) is 5.10 Å². The lowest BCUT2D eigenvalue weighted by Crippen LogP contribution is -2.21. The van der Waals surface area contributed by atoms with Crippen LogP contribution in [-0.4, -0.2) is 55.8 Å². The van der Waals surface area contributed by atoms with Crippen molar-refractivity contribution in [3.8, 4) is 22.8 Å². The molecule has 4 aromatic rings. The lowest BCUT2D eigenvalue weighted by Gasteiger charge is -2.21. The van der Waals surface area contributed by atoms with E-state index in [0.29, 0.717) is 16.5 Å². The first-order valence-electron chi connectivity index (χ1n) is 11.6. The van der Waals surface area contributed by atoms with Gasteiger partial charge in [0.05, 0.1) is 12.0 Å². The van der Waals surface area contributed by atoms with Gasteiger partial charge in [-0.25, -0.2) is 5.43 Å². The Labute approximate surface area is 227 Å². The van der Waals surface area contributed by atoms with Crippen LogP contribution >= 0.6 is 27.7 Å². The summed E-state index contributed by atoms with van der Waals surface area (Å²) >= 11 is 4.71. The van der Waals surface area contributed by atoms with Crippen LogP contribution in [0.15, 0.2) is 81.7 Å². The average Bonchev–Trinajstić information content (AvgIpc) is 3.34. The Morgan fingerprint density at radius 3 is 2.51 bits per heavy atom. The number of nitrogens with one attached hydrogen (secondary N) is 1. The first-order valence-corrected chi connectivity index (χ1v) is 13.4. The van der Waals surface area contributed by atoms with Gasteiger partial charge in [-0.05, 0) is 62.4 Å². The number of benzene rings is 2. The third-order valence-electron chi connectivity index (χ3n) is 5.52. The summed E-state index contributed by atoms with van der Waals surface area (Å²) in [4.78, 5) is 18.7. The molecule has 0 saturated heterocycles. The third-order valence-corrected chi connectivity index (χ3v) is 6.98. The van der Waals surface area contributed by atoms with E-state index >= 15 is 0 Å². The number of rotatable bonds is 10. The number of phenols is 1. The molecule has 2 aromatic heterocycles. The zero-order valence-corrected chi connectivity index (χ0v) is 22.8. The van der Waals surface area contributed by atoms with Crippen LogP contribution in [-0.2, 0) is 4.79 Å². The zero-order chi connectivity index (χ0) is 26.2. The van der Waals surface area contributed by atoms with E-state index in [2.05, 4.69) is 60.4 Å². The van der Waals surface area contributed by atoms with Crippen molar-refractivity contribution in [1.29, 1.82) is 0 Å². The lowest BCUT2D eigenvalue weighted by atomic mass is 10.2. The number of carbonyl (C=O) groups is 1. The molecule has 0 spiro atoms. The molecule has 0 atom stereocenters. The Bertz CT molecular complexity index is 1370. The summed E-state index contributed by atoms with van der Waals surface area (Å²) in [5.41, 5.74) is 5.68. The number of aromatic nitrogens is 4. The molecule has 0 fully saturated rings. The molecule has 0 saturated carbocycles. The van der Waals surface area contributed by atoms with Crippen LogP contribution in [0.5, 0.6) is 5.75 Å². The summed E-state index contributed by atoms with van der Waals surface area (Å²) < 4.78 is 2.85. The second kappa shape index (κ2) is 12.5. The molecule has 37 heavy (non-hydrogen) atoms. The number of hydrazone groups is 1. The largest absolute Gasteiger partial charge is 0.507 e. The zero-order valence-electron chi connectivity index (χ0n) is 20.4. The maximum absolute atomic E-state index is 12.5. The second-order valence-corrected chi connectivity index (χ2v) is 9.71. The van der Waals surface area contributed by atoms with E-state index in [9.17, 15) is 9.90 Å². The topological polar surface area (TPSA) is 109 Å². The van der Waals surface area contributed by atoms with Crippen molar-refractivity contribution in [3.63, 3.8) is 0 Å². The van der Waals surface area contributed by atoms with Crippen LogP contribution < -0.4 is 10.3 Å². The molecule has 1 amide bonds. The van der Waals surface area contributed by atoms with E-state index in [1.807, 2.05) is 47.0 Å². The first-order chi connectivity index (χ1) is 18.0. The van der Waals surface area contributed by atoms with Gasteiger partial charge < -0.3 is 10.0 Å². The van der Waals surface area contributed by atoms with Gasteiger partial charge in [0.15, 0.2) is 11.0 Å². The summed E-state index contributed by atoms with van der Waals surface area (Å²) in [6.07, 6.45) is 4.82. The fourth-order valence-electron chi connectivity index (χ4n) is 3.64. The molecule has 0 bridgehead atoms. The van der Waals surface area contributed by atoms with Crippen molar-refractivity contribution in [1.82, 2.24) is 25.2 Å². The summed E-state index contributed by atoms with van der Waals surface area (Å²) in [7, 11) is 0. The molecule has 0 radical (unpaired) electrons. The molecule has 190 valence electrons.